The maximum atomic E-state index is 12.8. The molecule has 0 aromatic heterocycles. The van der Waals surface area contributed by atoms with Gasteiger partial charge in [-0.05, 0) is 96.3 Å². The van der Waals surface area contributed by atoms with Gasteiger partial charge in [0.15, 0.2) is 6.10 Å². The number of nitrogens with two attached hydrogens (primary N) is 1. The third-order valence-corrected chi connectivity index (χ3v) is 18.1. The standard InChI is InChI=1S/C83H148NO8P/c1-3-5-7-9-11-13-15-17-19-21-23-25-27-29-31-33-35-37-39-40-42-43-45-47-49-51-53-55-57-59-61-63-65-67-69-71-73-75-82(85)89-79-81(80-91-93(87,88)90-78-77-84)92-83(86)76-74-72-70-68-66-64-62-60-58-56-54-52-50-48-46-44-41-38-36-34-32-30-28-26-24-22-20-18-16-14-12-10-8-6-4-2/h5-8,11-14,17-20,23-26,30,32,81H,3-4,9-10,15-16,21-22,27-29,31,33-80,84H2,1-2H3,(H,87,88)/b7-5-,8-6-,13-11-,14-12-,19-17-,20-18-,25-23-,26-24-,32-30-. The first-order valence-electron chi connectivity index (χ1n) is 39.4. The number of phosphoric acid groups is 1. The van der Waals surface area contributed by atoms with Crippen molar-refractivity contribution in [1.82, 2.24) is 0 Å². The normalized spacial score (nSPS) is 13.5. The number of allylic oxidation sites excluding steroid dienone is 18. The van der Waals surface area contributed by atoms with Crippen LogP contribution in [0.5, 0.6) is 0 Å². The monoisotopic (exact) mass is 1320 g/mol. The highest BCUT2D eigenvalue weighted by Gasteiger charge is 2.26. The van der Waals surface area contributed by atoms with E-state index in [-0.39, 0.29) is 38.6 Å². The number of esters is 2. The summed E-state index contributed by atoms with van der Waals surface area (Å²) < 4.78 is 33.3. The van der Waals surface area contributed by atoms with E-state index in [4.69, 9.17) is 24.3 Å². The third kappa shape index (κ3) is 77.6. The fraction of sp³-hybridized carbons (Fsp3) is 0.759. The van der Waals surface area contributed by atoms with Crippen molar-refractivity contribution >= 4 is 19.8 Å². The van der Waals surface area contributed by atoms with Crippen LogP contribution in [0.4, 0.5) is 0 Å². The summed E-state index contributed by atoms with van der Waals surface area (Å²) in [6, 6.07) is 0. The second-order valence-electron chi connectivity index (χ2n) is 26.2. The summed E-state index contributed by atoms with van der Waals surface area (Å²) >= 11 is 0. The molecule has 0 rings (SSSR count). The van der Waals surface area contributed by atoms with Gasteiger partial charge in [-0.3, -0.25) is 18.6 Å². The molecule has 3 N–H and O–H groups in total. The minimum Gasteiger partial charge on any atom is -0.462 e. The van der Waals surface area contributed by atoms with E-state index in [1.807, 2.05) is 0 Å². The molecule has 0 saturated carbocycles. The molecule has 0 aliphatic carbocycles. The van der Waals surface area contributed by atoms with Crippen LogP contribution >= 0.6 is 7.82 Å². The van der Waals surface area contributed by atoms with Crippen LogP contribution in [0.25, 0.3) is 0 Å². The van der Waals surface area contributed by atoms with Crippen LogP contribution in [0, 0.1) is 0 Å². The molecule has 0 amide bonds. The minimum absolute atomic E-state index is 0.0530. The molecule has 0 aliphatic rings. The number of carbonyl (C=O) groups excluding carboxylic acids is 2. The fourth-order valence-electron chi connectivity index (χ4n) is 11.4. The van der Waals surface area contributed by atoms with Crippen LogP contribution < -0.4 is 5.73 Å². The lowest BCUT2D eigenvalue weighted by molar-refractivity contribution is -0.161. The number of ether oxygens (including phenoxy) is 2. The second kappa shape index (κ2) is 77.7. The number of hydrogen-bond donors (Lipinski definition) is 2. The van der Waals surface area contributed by atoms with Crippen LogP contribution in [0.15, 0.2) is 109 Å². The van der Waals surface area contributed by atoms with E-state index >= 15 is 0 Å². The predicted octanol–water partition coefficient (Wildman–Crippen LogP) is 26.4. The molecule has 9 nitrogen and oxygen atoms in total. The number of phosphoric ester groups is 1. The number of carbonyl (C=O) groups is 2. The smallest absolute Gasteiger partial charge is 0.462 e. The molecule has 0 aliphatic heterocycles. The quantitative estimate of drug-likeness (QED) is 0.0264. The van der Waals surface area contributed by atoms with Crippen molar-refractivity contribution < 1.29 is 37.6 Å². The van der Waals surface area contributed by atoms with E-state index in [1.54, 1.807) is 0 Å². The average Bonchev–Trinajstić information content (AvgIpc) is 3.70. The Hall–Kier alpha value is -3.33. The van der Waals surface area contributed by atoms with Gasteiger partial charge in [-0.25, -0.2) is 4.57 Å². The number of hydrogen-bond acceptors (Lipinski definition) is 8. The van der Waals surface area contributed by atoms with Crippen molar-refractivity contribution in [2.24, 2.45) is 5.73 Å². The molecule has 2 unspecified atom stereocenters. The lowest BCUT2D eigenvalue weighted by Crippen LogP contribution is -2.29. The fourth-order valence-corrected chi connectivity index (χ4v) is 12.2. The van der Waals surface area contributed by atoms with E-state index in [0.29, 0.717) is 6.42 Å². The van der Waals surface area contributed by atoms with E-state index < -0.39 is 26.5 Å². The van der Waals surface area contributed by atoms with E-state index in [0.717, 1.165) is 96.3 Å². The van der Waals surface area contributed by atoms with Gasteiger partial charge in [0, 0.05) is 19.4 Å². The molecule has 538 valence electrons. The van der Waals surface area contributed by atoms with Crippen molar-refractivity contribution in [2.45, 2.75) is 380 Å². The summed E-state index contributed by atoms with van der Waals surface area (Å²) in [6.45, 7) is 3.57. The molecule has 0 radical (unpaired) electrons. The van der Waals surface area contributed by atoms with Gasteiger partial charge in [-0.2, -0.15) is 0 Å². The first-order chi connectivity index (χ1) is 45.8. The van der Waals surface area contributed by atoms with Gasteiger partial charge < -0.3 is 20.1 Å². The lowest BCUT2D eigenvalue weighted by atomic mass is 10.0. The molecule has 0 saturated heterocycles. The predicted molar refractivity (Wildman–Crippen MR) is 404 cm³/mol. The molecule has 10 heteroatoms. The van der Waals surface area contributed by atoms with Gasteiger partial charge in [-0.15, -0.1) is 0 Å². The highest BCUT2D eigenvalue weighted by molar-refractivity contribution is 7.47. The summed E-state index contributed by atoms with van der Waals surface area (Å²) in [5.74, 6) is -0.810. The van der Waals surface area contributed by atoms with Crippen LogP contribution in [0.1, 0.15) is 373 Å². The Morgan fingerprint density at radius 1 is 0.323 bits per heavy atom. The third-order valence-electron chi connectivity index (χ3n) is 17.2. The Morgan fingerprint density at radius 3 is 0.828 bits per heavy atom. The zero-order valence-electron chi connectivity index (χ0n) is 60.7. The Morgan fingerprint density at radius 2 is 0.559 bits per heavy atom. The van der Waals surface area contributed by atoms with Crippen LogP contribution in [0.3, 0.4) is 0 Å². The van der Waals surface area contributed by atoms with Gasteiger partial charge >= 0.3 is 19.8 Å². The average molecular weight is 1320 g/mol. The van der Waals surface area contributed by atoms with Crippen LogP contribution in [-0.2, 0) is 32.7 Å². The summed E-state index contributed by atoms with van der Waals surface area (Å²) in [5, 5.41) is 0. The largest absolute Gasteiger partial charge is 0.472 e. The number of rotatable bonds is 74. The molecule has 93 heavy (non-hydrogen) atoms. The molecular weight excluding hydrogens is 1170 g/mol. The van der Waals surface area contributed by atoms with E-state index in [9.17, 15) is 19.0 Å². The van der Waals surface area contributed by atoms with Crippen molar-refractivity contribution in [2.75, 3.05) is 26.4 Å². The molecule has 0 spiro atoms. The molecule has 0 heterocycles. The van der Waals surface area contributed by atoms with Gasteiger partial charge in [-0.1, -0.05) is 374 Å². The minimum atomic E-state index is -4.40. The zero-order valence-corrected chi connectivity index (χ0v) is 61.6. The number of unbranched alkanes of at least 4 members (excludes halogenated alkanes) is 43. The van der Waals surface area contributed by atoms with Gasteiger partial charge in [0.25, 0.3) is 0 Å². The van der Waals surface area contributed by atoms with Crippen molar-refractivity contribution in [3.63, 3.8) is 0 Å². The second-order valence-corrected chi connectivity index (χ2v) is 27.6. The van der Waals surface area contributed by atoms with Crippen molar-refractivity contribution in [3.8, 4) is 0 Å². The molecule has 0 aromatic carbocycles. The summed E-state index contributed by atoms with van der Waals surface area (Å²) in [5.41, 5.74) is 5.42. The molecule has 0 aromatic rings. The highest BCUT2D eigenvalue weighted by atomic mass is 31.2. The Kier molecular flexibility index (Phi) is 74.9. The highest BCUT2D eigenvalue weighted by Crippen LogP contribution is 2.43. The van der Waals surface area contributed by atoms with E-state index in [1.165, 1.54) is 244 Å². The SMILES string of the molecule is CC/C=C\C/C=C\C/C=C\C/C=C\C/C=C\CCCCCCCCCCCCCCCCCCCCCC(=O)OC(COC(=O)CCCCCCCCCCCCCCCCCCCCCCCCCC/C=C\C/C=C\C/C=C\C/C=C\CC)COP(=O)(O)OCCN. The first-order valence-corrected chi connectivity index (χ1v) is 40.9. The Balaban J connectivity index is 3.78. The molecule has 2 atom stereocenters. The maximum absolute atomic E-state index is 12.8. The van der Waals surface area contributed by atoms with Crippen LogP contribution in [-0.4, -0.2) is 49.3 Å². The molecule has 0 bridgehead atoms. The molecular formula is C83H148NO8P. The summed E-state index contributed by atoms with van der Waals surface area (Å²) in [4.78, 5) is 35.5. The van der Waals surface area contributed by atoms with Crippen LogP contribution in [0.2, 0.25) is 0 Å². The first kappa shape index (κ1) is 89.7. The van der Waals surface area contributed by atoms with Gasteiger partial charge in [0.05, 0.1) is 13.2 Å². The van der Waals surface area contributed by atoms with Crippen molar-refractivity contribution in [1.29, 1.82) is 0 Å². The summed E-state index contributed by atoms with van der Waals surface area (Å²) in [7, 11) is -4.40. The van der Waals surface area contributed by atoms with Gasteiger partial charge in [0.2, 0.25) is 0 Å². The summed E-state index contributed by atoms with van der Waals surface area (Å²) in [6.07, 6.45) is 108. The maximum Gasteiger partial charge on any atom is 0.472 e. The van der Waals surface area contributed by atoms with E-state index in [2.05, 4.69) is 123 Å². The topological polar surface area (TPSA) is 134 Å². The lowest BCUT2D eigenvalue weighted by Gasteiger charge is -2.19. The van der Waals surface area contributed by atoms with Crippen molar-refractivity contribution in [3.05, 3.63) is 109 Å². The van der Waals surface area contributed by atoms with Gasteiger partial charge in [0.1, 0.15) is 6.61 Å². The Bertz CT molecular complexity index is 1900. The molecule has 0 fully saturated rings. The zero-order chi connectivity index (χ0) is 67.2. The Labute approximate surface area is 575 Å².